The summed E-state index contributed by atoms with van der Waals surface area (Å²) in [6, 6.07) is 3.05. The fourth-order valence-corrected chi connectivity index (χ4v) is 4.02. The van der Waals surface area contributed by atoms with Crippen molar-refractivity contribution in [2.75, 3.05) is 0 Å². The first kappa shape index (κ1) is 27.4. The largest absolute Gasteiger partial charge is 0.534 e. The Morgan fingerprint density at radius 1 is 0.974 bits per heavy atom. The molecule has 0 saturated heterocycles. The summed E-state index contributed by atoms with van der Waals surface area (Å²) in [5.74, 6) is -13.7. The van der Waals surface area contributed by atoms with Crippen molar-refractivity contribution in [3.63, 3.8) is 0 Å². The summed E-state index contributed by atoms with van der Waals surface area (Å²) in [5.41, 5.74) is -12.4. The molecule has 39 heavy (non-hydrogen) atoms. The molecule has 0 atom stereocenters. The standard InChI is InChI=1S/C22H7F7O9S/c23-12-4-10-14(9-3-7(36-6-30)1-2-8(9)21(32)33)11-5-13(24)20(38-39(34,35)22(27,28)29)16(26)19(11)37-18(10)15(25)17(12)31/h1-6H,(H,32,33). The number of benzene rings is 3. The fourth-order valence-electron chi connectivity index (χ4n) is 3.56. The van der Waals surface area contributed by atoms with Gasteiger partial charge in [-0.05, 0) is 30.3 Å². The maximum atomic E-state index is 15.3. The molecule has 0 bridgehead atoms. The second-order valence-electron chi connectivity index (χ2n) is 7.44. The minimum atomic E-state index is -6.64. The highest BCUT2D eigenvalue weighted by atomic mass is 32.2. The number of carboxylic acids is 1. The molecule has 0 fully saturated rings. The van der Waals surface area contributed by atoms with Crippen LogP contribution < -0.4 is 14.3 Å². The molecule has 1 aliphatic heterocycles. The summed E-state index contributed by atoms with van der Waals surface area (Å²) in [6.45, 7) is -0.0941. The van der Waals surface area contributed by atoms with Gasteiger partial charge in [-0.15, -0.1) is 0 Å². The predicted molar refractivity (Wildman–Crippen MR) is 114 cm³/mol. The van der Waals surface area contributed by atoms with E-state index in [1.165, 1.54) is 0 Å². The SMILES string of the molecule is O=COc1ccc(C(=O)O)c(-c2c3cc(F)c(=O)c(F)c-3oc3c(F)c(OS(=O)(=O)C(F)(F)F)c(F)cc23)c1. The Kier molecular flexibility index (Phi) is 6.50. The van der Waals surface area contributed by atoms with E-state index in [4.69, 9.17) is 4.42 Å². The van der Waals surface area contributed by atoms with Gasteiger partial charge in [0.2, 0.25) is 17.4 Å². The van der Waals surface area contributed by atoms with E-state index in [9.17, 15) is 54.3 Å². The number of carbonyl (C=O) groups is 2. The van der Waals surface area contributed by atoms with Gasteiger partial charge >= 0.3 is 21.6 Å². The first-order chi connectivity index (χ1) is 18.1. The molecule has 204 valence electrons. The van der Waals surface area contributed by atoms with Crippen LogP contribution in [0.2, 0.25) is 0 Å². The van der Waals surface area contributed by atoms with Crippen LogP contribution in [0.25, 0.3) is 33.4 Å². The molecule has 2 aromatic carbocycles. The Morgan fingerprint density at radius 3 is 2.23 bits per heavy atom. The third-order valence-electron chi connectivity index (χ3n) is 5.16. The minimum absolute atomic E-state index is 0.0941. The number of carboxylic acid groups (broad SMARTS) is 1. The molecule has 0 aromatic heterocycles. The van der Waals surface area contributed by atoms with Gasteiger partial charge in [-0.1, -0.05) is 0 Å². The normalized spacial score (nSPS) is 12.1. The van der Waals surface area contributed by atoms with Gasteiger partial charge in [0.05, 0.1) is 5.56 Å². The van der Waals surface area contributed by atoms with Crippen LogP contribution in [0.1, 0.15) is 10.4 Å². The average molecular weight is 580 g/mol. The van der Waals surface area contributed by atoms with Gasteiger partial charge in [0.15, 0.2) is 23.0 Å². The Labute approximate surface area is 210 Å². The van der Waals surface area contributed by atoms with Crippen molar-refractivity contribution in [3.8, 4) is 33.9 Å². The zero-order valence-corrected chi connectivity index (χ0v) is 19.0. The van der Waals surface area contributed by atoms with E-state index in [0.29, 0.717) is 6.07 Å². The molecule has 0 spiro atoms. The Hall–Kier alpha value is -4.67. The van der Waals surface area contributed by atoms with Crippen molar-refractivity contribution in [2.45, 2.75) is 5.51 Å². The summed E-state index contributed by atoms with van der Waals surface area (Å²) in [7, 11) is -6.64. The van der Waals surface area contributed by atoms with Gasteiger partial charge < -0.3 is 18.4 Å². The number of rotatable bonds is 6. The van der Waals surface area contributed by atoms with E-state index in [1.54, 1.807) is 0 Å². The van der Waals surface area contributed by atoms with E-state index < -0.39 is 95.0 Å². The molecule has 4 rings (SSSR count). The molecule has 0 amide bonds. The number of aromatic carboxylic acids is 1. The van der Waals surface area contributed by atoms with E-state index in [1.807, 2.05) is 0 Å². The number of ether oxygens (including phenoxy) is 1. The molecule has 0 radical (unpaired) electrons. The molecular formula is C22H7F7O9S. The van der Waals surface area contributed by atoms with Gasteiger partial charge in [-0.2, -0.15) is 30.4 Å². The fraction of sp³-hybridized carbons (Fsp3) is 0.0455. The first-order valence-corrected chi connectivity index (χ1v) is 11.2. The third kappa shape index (κ3) is 4.49. The van der Waals surface area contributed by atoms with Crippen molar-refractivity contribution in [3.05, 3.63) is 69.4 Å². The van der Waals surface area contributed by atoms with Gasteiger partial charge in [0.1, 0.15) is 5.75 Å². The van der Waals surface area contributed by atoms with Crippen molar-refractivity contribution >= 4 is 33.5 Å². The molecule has 1 N–H and O–H groups in total. The monoisotopic (exact) mass is 580 g/mol. The van der Waals surface area contributed by atoms with Gasteiger partial charge in [-0.3, -0.25) is 9.59 Å². The average Bonchev–Trinajstić information content (AvgIpc) is 2.84. The minimum Gasteiger partial charge on any atom is -0.478 e. The first-order valence-electron chi connectivity index (χ1n) is 9.84. The topological polar surface area (TPSA) is 137 Å². The van der Waals surface area contributed by atoms with E-state index >= 15 is 4.39 Å². The lowest BCUT2D eigenvalue weighted by Gasteiger charge is -2.19. The summed E-state index contributed by atoms with van der Waals surface area (Å²) in [5, 5.41) is 8.72. The van der Waals surface area contributed by atoms with Crippen LogP contribution in [0.5, 0.6) is 11.5 Å². The van der Waals surface area contributed by atoms with E-state index in [2.05, 4.69) is 8.92 Å². The van der Waals surface area contributed by atoms with E-state index in [-0.39, 0.29) is 18.3 Å². The summed E-state index contributed by atoms with van der Waals surface area (Å²) in [4.78, 5) is 34.5. The van der Waals surface area contributed by atoms with E-state index in [0.717, 1.165) is 18.2 Å². The van der Waals surface area contributed by atoms with Crippen molar-refractivity contribution in [1.82, 2.24) is 0 Å². The number of carbonyl (C=O) groups excluding carboxylic acids is 1. The summed E-state index contributed by atoms with van der Waals surface area (Å²) < 4.78 is 133. The highest BCUT2D eigenvalue weighted by molar-refractivity contribution is 7.88. The highest BCUT2D eigenvalue weighted by Crippen LogP contribution is 2.46. The Morgan fingerprint density at radius 2 is 1.64 bits per heavy atom. The lowest BCUT2D eigenvalue weighted by molar-refractivity contribution is -0.120. The third-order valence-corrected chi connectivity index (χ3v) is 6.11. The number of fused-ring (bicyclic) bond motifs is 2. The molecule has 9 nitrogen and oxygen atoms in total. The maximum Gasteiger partial charge on any atom is 0.534 e. The molecule has 1 aliphatic carbocycles. The maximum absolute atomic E-state index is 15.3. The molecular weight excluding hydrogens is 573 g/mol. The lowest BCUT2D eigenvalue weighted by atomic mass is 9.90. The molecule has 2 aromatic rings. The Balaban J connectivity index is 2.24. The number of alkyl halides is 3. The molecule has 1 heterocycles. The number of halogens is 7. The van der Waals surface area contributed by atoms with Crippen LogP contribution in [0.3, 0.4) is 0 Å². The molecule has 0 saturated carbocycles. The second kappa shape index (κ2) is 9.26. The van der Waals surface area contributed by atoms with Crippen LogP contribution in [-0.2, 0) is 14.9 Å². The van der Waals surface area contributed by atoms with Gasteiger partial charge in [-0.25, -0.2) is 13.6 Å². The van der Waals surface area contributed by atoms with Crippen molar-refractivity contribution < 1.29 is 67.2 Å². The van der Waals surface area contributed by atoms with Gasteiger partial charge in [0.25, 0.3) is 11.9 Å². The van der Waals surface area contributed by atoms with Crippen molar-refractivity contribution in [2.24, 2.45) is 0 Å². The lowest BCUT2D eigenvalue weighted by Crippen LogP contribution is -2.28. The van der Waals surface area contributed by atoms with Crippen LogP contribution >= 0.6 is 0 Å². The predicted octanol–water partition coefficient (Wildman–Crippen LogP) is 4.58. The quantitative estimate of drug-likeness (QED) is 0.114. The van der Waals surface area contributed by atoms with Crippen LogP contribution in [0.15, 0.2) is 39.5 Å². The number of hydrogen-bond donors (Lipinski definition) is 1. The number of hydrogen-bond acceptors (Lipinski definition) is 8. The second-order valence-corrected chi connectivity index (χ2v) is 8.98. The zero-order chi connectivity index (χ0) is 29.0. The Bertz CT molecular complexity index is 1830. The molecule has 17 heteroatoms. The zero-order valence-electron chi connectivity index (χ0n) is 18.2. The molecule has 2 aliphatic rings. The smallest absolute Gasteiger partial charge is 0.478 e. The van der Waals surface area contributed by atoms with Gasteiger partial charge in [0, 0.05) is 22.1 Å². The molecule has 0 unspecified atom stereocenters. The highest BCUT2D eigenvalue weighted by Gasteiger charge is 2.49. The van der Waals surface area contributed by atoms with Crippen molar-refractivity contribution in [1.29, 1.82) is 0 Å². The van der Waals surface area contributed by atoms with Crippen LogP contribution in [0.4, 0.5) is 30.7 Å². The van der Waals surface area contributed by atoms with Crippen LogP contribution in [0, 0.1) is 23.3 Å². The summed E-state index contributed by atoms with van der Waals surface area (Å²) >= 11 is 0. The van der Waals surface area contributed by atoms with Crippen LogP contribution in [-0.4, -0.2) is 31.5 Å². The summed E-state index contributed by atoms with van der Waals surface area (Å²) in [6.07, 6.45) is 0.